The van der Waals surface area contributed by atoms with Crippen molar-refractivity contribution in [2.24, 2.45) is 5.92 Å². The molecular formula is C18H24ClN3O3S. The Bertz CT molecular complexity index is 842. The zero-order valence-corrected chi connectivity index (χ0v) is 16.6. The van der Waals surface area contributed by atoms with Crippen LogP contribution in [0.25, 0.3) is 0 Å². The standard InChI is InChI=1S/C18H23N3O3S.ClH/c1-13-9-10-16(20-18(22)14(2)12-19-3)11-17(13)25(23,24)21-15-7-5-4-6-8-15;/h4-11,14,19,21H,12H2,1-3H3,(H,20,22);1H. The average molecular weight is 398 g/mol. The molecule has 1 atom stereocenters. The molecule has 142 valence electrons. The van der Waals surface area contributed by atoms with Crippen molar-refractivity contribution in [1.82, 2.24) is 5.32 Å². The fourth-order valence-corrected chi connectivity index (χ4v) is 3.68. The topological polar surface area (TPSA) is 87.3 Å². The minimum absolute atomic E-state index is 0. The van der Waals surface area contributed by atoms with Gasteiger partial charge in [0.15, 0.2) is 0 Å². The smallest absolute Gasteiger partial charge is 0.262 e. The number of hydrogen-bond donors (Lipinski definition) is 3. The molecule has 0 saturated carbocycles. The number of halogens is 1. The number of hydrogen-bond acceptors (Lipinski definition) is 4. The van der Waals surface area contributed by atoms with Crippen LogP contribution in [0, 0.1) is 12.8 Å². The van der Waals surface area contributed by atoms with E-state index in [4.69, 9.17) is 0 Å². The minimum atomic E-state index is -3.75. The molecule has 2 rings (SSSR count). The fraction of sp³-hybridized carbons (Fsp3) is 0.278. The molecule has 0 bridgehead atoms. The van der Waals surface area contributed by atoms with Gasteiger partial charge in [-0.25, -0.2) is 8.42 Å². The van der Waals surface area contributed by atoms with Crippen LogP contribution in [0.5, 0.6) is 0 Å². The van der Waals surface area contributed by atoms with E-state index < -0.39 is 10.0 Å². The Morgan fingerprint density at radius 2 is 1.73 bits per heavy atom. The minimum Gasteiger partial charge on any atom is -0.326 e. The number of aryl methyl sites for hydroxylation is 1. The first-order valence-electron chi connectivity index (χ1n) is 7.97. The number of para-hydroxylation sites is 1. The molecule has 0 radical (unpaired) electrons. The number of benzene rings is 2. The third-order valence-corrected chi connectivity index (χ3v) is 5.25. The lowest BCUT2D eigenvalue weighted by molar-refractivity contribution is -0.119. The van der Waals surface area contributed by atoms with Gasteiger partial charge in [0.1, 0.15) is 0 Å². The predicted molar refractivity (Wildman–Crippen MR) is 107 cm³/mol. The van der Waals surface area contributed by atoms with Crippen molar-refractivity contribution in [3.05, 3.63) is 54.1 Å². The van der Waals surface area contributed by atoms with E-state index in [9.17, 15) is 13.2 Å². The van der Waals surface area contributed by atoms with Gasteiger partial charge in [0.05, 0.1) is 4.90 Å². The molecule has 2 aromatic carbocycles. The van der Waals surface area contributed by atoms with E-state index in [0.717, 1.165) is 0 Å². The monoisotopic (exact) mass is 397 g/mol. The van der Waals surface area contributed by atoms with Gasteiger partial charge in [0, 0.05) is 23.8 Å². The van der Waals surface area contributed by atoms with Gasteiger partial charge in [-0.2, -0.15) is 0 Å². The van der Waals surface area contributed by atoms with Crippen molar-refractivity contribution < 1.29 is 13.2 Å². The van der Waals surface area contributed by atoms with Gasteiger partial charge in [-0.05, 0) is 43.8 Å². The molecule has 0 spiro atoms. The summed E-state index contributed by atoms with van der Waals surface area (Å²) in [4.78, 5) is 12.3. The zero-order chi connectivity index (χ0) is 18.4. The highest BCUT2D eigenvalue weighted by atomic mass is 35.5. The van der Waals surface area contributed by atoms with E-state index in [1.807, 2.05) is 6.07 Å². The van der Waals surface area contributed by atoms with Crippen molar-refractivity contribution in [1.29, 1.82) is 0 Å². The van der Waals surface area contributed by atoms with E-state index in [2.05, 4.69) is 15.4 Å². The summed E-state index contributed by atoms with van der Waals surface area (Å²) in [5.74, 6) is -0.397. The number of carbonyl (C=O) groups excluding carboxylic acids is 1. The molecule has 3 N–H and O–H groups in total. The van der Waals surface area contributed by atoms with Crippen LogP contribution in [0.1, 0.15) is 12.5 Å². The van der Waals surface area contributed by atoms with Gasteiger partial charge in [0.2, 0.25) is 5.91 Å². The highest BCUT2D eigenvalue weighted by Gasteiger charge is 2.19. The Morgan fingerprint density at radius 1 is 1.08 bits per heavy atom. The highest BCUT2D eigenvalue weighted by Crippen LogP contribution is 2.23. The Kier molecular flexibility index (Phi) is 8.08. The molecule has 0 heterocycles. The molecule has 0 aliphatic heterocycles. The molecule has 26 heavy (non-hydrogen) atoms. The Morgan fingerprint density at radius 3 is 2.35 bits per heavy atom. The third-order valence-electron chi connectivity index (χ3n) is 3.73. The summed E-state index contributed by atoms with van der Waals surface area (Å²) in [7, 11) is -1.97. The van der Waals surface area contributed by atoms with E-state index in [0.29, 0.717) is 23.5 Å². The molecule has 0 fully saturated rings. The normalized spacial score (nSPS) is 12.0. The SMILES string of the molecule is CNCC(C)C(=O)Nc1ccc(C)c(S(=O)(=O)Nc2ccccc2)c1.Cl. The first-order chi connectivity index (χ1) is 11.8. The number of amides is 1. The van der Waals surface area contributed by atoms with Gasteiger partial charge < -0.3 is 10.6 Å². The van der Waals surface area contributed by atoms with Gasteiger partial charge in [-0.15, -0.1) is 12.4 Å². The molecule has 2 aromatic rings. The molecule has 0 aromatic heterocycles. The van der Waals surface area contributed by atoms with Crippen molar-refractivity contribution in [3.8, 4) is 0 Å². The van der Waals surface area contributed by atoms with Crippen LogP contribution in [0.15, 0.2) is 53.4 Å². The number of rotatable bonds is 7. The van der Waals surface area contributed by atoms with E-state index in [1.165, 1.54) is 6.07 Å². The van der Waals surface area contributed by atoms with E-state index in [1.54, 1.807) is 57.3 Å². The second-order valence-corrected chi connectivity index (χ2v) is 7.55. The van der Waals surface area contributed by atoms with Gasteiger partial charge in [0.25, 0.3) is 10.0 Å². The molecule has 1 unspecified atom stereocenters. The van der Waals surface area contributed by atoms with Crippen LogP contribution in [-0.4, -0.2) is 27.9 Å². The first kappa shape index (κ1) is 22.0. The first-order valence-corrected chi connectivity index (χ1v) is 9.46. The molecule has 0 saturated heterocycles. The largest absolute Gasteiger partial charge is 0.326 e. The van der Waals surface area contributed by atoms with Crippen LogP contribution in [0.2, 0.25) is 0 Å². The van der Waals surface area contributed by atoms with Crippen molar-refractivity contribution in [3.63, 3.8) is 0 Å². The molecular weight excluding hydrogens is 374 g/mol. The number of anilines is 2. The maximum Gasteiger partial charge on any atom is 0.262 e. The second-order valence-electron chi connectivity index (χ2n) is 5.90. The lowest BCUT2D eigenvalue weighted by Gasteiger charge is -2.14. The third kappa shape index (κ3) is 5.72. The van der Waals surface area contributed by atoms with Gasteiger partial charge in [-0.1, -0.05) is 31.2 Å². The average Bonchev–Trinajstić information content (AvgIpc) is 2.57. The van der Waals surface area contributed by atoms with Crippen molar-refractivity contribution in [2.45, 2.75) is 18.7 Å². The van der Waals surface area contributed by atoms with Crippen molar-refractivity contribution >= 4 is 39.7 Å². The van der Waals surface area contributed by atoms with Crippen LogP contribution >= 0.6 is 12.4 Å². The van der Waals surface area contributed by atoms with Gasteiger partial charge >= 0.3 is 0 Å². The van der Waals surface area contributed by atoms with Crippen molar-refractivity contribution in [2.75, 3.05) is 23.6 Å². The number of carbonyl (C=O) groups is 1. The fourth-order valence-electron chi connectivity index (χ4n) is 2.35. The summed E-state index contributed by atoms with van der Waals surface area (Å²) in [6.07, 6.45) is 0. The number of sulfonamides is 1. The summed E-state index contributed by atoms with van der Waals surface area (Å²) in [6, 6.07) is 13.5. The highest BCUT2D eigenvalue weighted by molar-refractivity contribution is 7.92. The van der Waals surface area contributed by atoms with E-state index >= 15 is 0 Å². The summed E-state index contributed by atoms with van der Waals surface area (Å²) in [5.41, 5.74) is 1.54. The lowest BCUT2D eigenvalue weighted by Crippen LogP contribution is -2.28. The summed E-state index contributed by atoms with van der Waals surface area (Å²) in [6.45, 7) is 4.06. The molecule has 1 amide bonds. The lowest BCUT2D eigenvalue weighted by atomic mass is 10.1. The Balaban J connectivity index is 0.00000338. The quantitative estimate of drug-likeness (QED) is 0.670. The zero-order valence-electron chi connectivity index (χ0n) is 14.9. The summed E-state index contributed by atoms with van der Waals surface area (Å²) < 4.78 is 27.9. The molecule has 0 aliphatic carbocycles. The van der Waals surface area contributed by atoms with Crippen LogP contribution in [0.4, 0.5) is 11.4 Å². The molecule has 8 heteroatoms. The van der Waals surface area contributed by atoms with Crippen LogP contribution in [-0.2, 0) is 14.8 Å². The van der Waals surface area contributed by atoms with Crippen LogP contribution < -0.4 is 15.4 Å². The summed E-state index contributed by atoms with van der Waals surface area (Å²) in [5, 5.41) is 5.70. The second kappa shape index (κ2) is 9.56. The summed E-state index contributed by atoms with van der Waals surface area (Å²) >= 11 is 0. The number of nitrogens with one attached hydrogen (secondary N) is 3. The van der Waals surface area contributed by atoms with Crippen LogP contribution in [0.3, 0.4) is 0 Å². The molecule has 0 aliphatic rings. The van der Waals surface area contributed by atoms with Gasteiger partial charge in [-0.3, -0.25) is 9.52 Å². The maximum absolute atomic E-state index is 12.7. The Labute approximate surface area is 160 Å². The maximum atomic E-state index is 12.7. The van der Waals surface area contributed by atoms with E-state index in [-0.39, 0.29) is 29.1 Å². The predicted octanol–water partition coefficient (Wildman–Crippen LogP) is 3.01. The Hall–Kier alpha value is -2.09. The molecule has 6 nitrogen and oxygen atoms in total.